The van der Waals surface area contributed by atoms with E-state index < -0.39 is 16.6 Å². The molecule has 1 aromatic carbocycles. The molecule has 0 aliphatic carbocycles. The Bertz CT molecular complexity index is 409. The topological polar surface area (TPSA) is 37.3 Å². The molecule has 5 heteroatoms. The molecule has 0 aromatic heterocycles. The predicted octanol–water partition coefficient (Wildman–Crippen LogP) is 3.16. The third-order valence-corrected chi connectivity index (χ3v) is 3.21. The molecule has 0 aliphatic heterocycles. The number of halogens is 2. The number of unbranched alkanes of at least 4 members (excludes halogenated alkanes) is 1. The Balaban J connectivity index is 3.23. The molecule has 0 saturated carbocycles. The van der Waals surface area contributed by atoms with Crippen LogP contribution in [0.15, 0.2) is 30.3 Å². The highest BCUT2D eigenvalue weighted by atomic mass is 32.1. The fourth-order valence-corrected chi connectivity index (χ4v) is 1.99. The van der Waals surface area contributed by atoms with Gasteiger partial charge in [0.05, 0.1) is 0 Å². The normalized spacial score (nSPS) is 15.2. The van der Waals surface area contributed by atoms with Crippen molar-refractivity contribution in [3.05, 3.63) is 35.9 Å². The summed E-state index contributed by atoms with van der Waals surface area (Å²) in [5.74, 6) is -3.91. The number of benzene rings is 1. The van der Waals surface area contributed by atoms with Crippen molar-refractivity contribution in [3.63, 3.8) is 0 Å². The first kappa shape index (κ1) is 15.1. The molecule has 0 spiro atoms. The van der Waals surface area contributed by atoms with Gasteiger partial charge in [-0.25, -0.2) is 0 Å². The summed E-state index contributed by atoms with van der Waals surface area (Å²) in [6.45, 7) is 1.83. The van der Waals surface area contributed by atoms with Gasteiger partial charge >= 0.3 is 5.92 Å². The Morgan fingerprint density at radius 3 is 2.33 bits per heavy atom. The summed E-state index contributed by atoms with van der Waals surface area (Å²) >= 11 is 3.20. The van der Waals surface area contributed by atoms with E-state index in [1.807, 2.05) is 6.92 Å². The molecule has 0 aliphatic rings. The first-order valence-electron chi connectivity index (χ1n) is 5.75. The quantitative estimate of drug-likeness (QED) is 0.782. The van der Waals surface area contributed by atoms with Crippen LogP contribution in [-0.4, -0.2) is 16.1 Å². The second kappa shape index (κ2) is 5.80. The van der Waals surface area contributed by atoms with Crippen LogP contribution in [-0.2, 0) is 10.4 Å². The fourth-order valence-electron chi connectivity index (χ4n) is 1.81. The van der Waals surface area contributed by atoms with Gasteiger partial charge in [0.25, 0.3) is 5.12 Å². The molecule has 2 nitrogen and oxygen atoms in total. The van der Waals surface area contributed by atoms with Crippen molar-refractivity contribution in [2.45, 2.75) is 37.7 Å². The van der Waals surface area contributed by atoms with Crippen molar-refractivity contribution in [1.82, 2.24) is 0 Å². The van der Waals surface area contributed by atoms with E-state index in [2.05, 4.69) is 12.6 Å². The minimum atomic E-state index is -3.91. The molecule has 1 rings (SSSR count). The minimum Gasteiger partial charge on any atom is -0.378 e. The number of carbonyl (C=O) groups excluding carboxylic acids is 1. The van der Waals surface area contributed by atoms with E-state index in [4.69, 9.17) is 0 Å². The van der Waals surface area contributed by atoms with E-state index in [0.29, 0.717) is 12.8 Å². The lowest BCUT2D eigenvalue weighted by molar-refractivity contribution is -0.189. The van der Waals surface area contributed by atoms with E-state index in [1.54, 1.807) is 18.2 Å². The zero-order valence-electron chi connectivity index (χ0n) is 10.1. The molecule has 0 radical (unpaired) electrons. The van der Waals surface area contributed by atoms with Crippen LogP contribution in [0.2, 0.25) is 0 Å². The van der Waals surface area contributed by atoms with Crippen LogP contribution in [0.1, 0.15) is 31.7 Å². The number of rotatable bonds is 6. The lowest BCUT2D eigenvalue weighted by atomic mass is 9.83. The smallest absolute Gasteiger partial charge is 0.346 e. The van der Waals surface area contributed by atoms with E-state index in [-0.39, 0.29) is 12.0 Å². The lowest BCUT2D eigenvalue weighted by Gasteiger charge is -2.34. The summed E-state index contributed by atoms with van der Waals surface area (Å²) in [5, 5.41) is 8.67. The van der Waals surface area contributed by atoms with Gasteiger partial charge in [-0.1, -0.05) is 62.7 Å². The first-order chi connectivity index (χ1) is 8.36. The average Bonchev–Trinajstić information content (AvgIpc) is 2.36. The Kier molecular flexibility index (Phi) is 4.87. The highest BCUT2D eigenvalue weighted by Crippen LogP contribution is 2.42. The number of hydrogen-bond acceptors (Lipinski definition) is 2. The van der Waals surface area contributed by atoms with Gasteiger partial charge in [-0.05, 0) is 12.0 Å². The van der Waals surface area contributed by atoms with Crippen LogP contribution in [0.25, 0.3) is 0 Å². The van der Waals surface area contributed by atoms with Crippen LogP contribution >= 0.6 is 12.6 Å². The van der Waals surface area contributed by atoms with Crippen LogP contribution in [0.3, 0.4) is 0 Å². The summed E-state index contributed by atoms with van der Waals surface area (Å²) < 4.78 is 27.9. The molecule has 1 unspecified atom stereocenters. The van der Waals surface area contributed by atoms with E-state index in [0.717, 1.165) is 0 Å². The van der Waals surface area contributed by atoms with Gasteiger partial charge in [0, 0.05) is 0 Å². The summed E-state index contributed by atoms with van der Waals surface area (Å²) in [5.41, 5.74) is -2.46. The molecule has 1 aromatic rings. The Hall–Kier alpha value is -0.940. The molecule has 0 saturated heterocycles. The fraction of sp³-hybridized carbons (Fsp3) is 0.462. The Morgan fingerprint density at radius 2 is 1.89 bits per heavy atom. The summed E-state index contributed by atoms with van der Waals surface area (Å²) in [7, 11) is 0. The molecular weight excluding hydrogens is 258 g/mol. The van der Waals surface area contributed by atoms with Crippen molar-refractivity contribution in [2.24, 2.45) is 0 Å². The van der Waals surface area contributed by atoms with Gasteiger partial charge < -0.3 is 5.11 Å². The Labute approximate surface area is 110 Å². The van der Waals surface area contributed by atoms with Crippen molar-refractivity contribution < 1.29 is 18.7 Å². The molecule has 18 heavy (non-hydrogen) atoms. The van der Waals surface area contributed by atoms with Crippen LogP contribution in [0, 0.1) is 0 Å². The number of aliphatic hydroxyl groups is 1. The van der Waals surface area contributed by atoms with Crippen molar-refractivity contribution >= 4 is 17.7 Å². The van der Waals surface area contributed by atoms with Crippen LogP contribution in [0.4, 0.5) is 8.78 Å². The maximum Gasteiger partial charge on any atom is 0.346 e. The molecule has 0 heterocycles. The second-order valence-corrected chi connectivity index (χ2v) is 4.62. The van der Waals surface area contributed by atoms with Gasteiger partial charge in [0.1, 0.15) is 0 Å². The molecule has 0 fully saturated rings. The lowest BCUT2D eigenvalue weighted by Crippen LogP contribution is -2.49. The maximum atomic E-state index is 13.9. The van der Waals surface area contributed by atoms with Crippen molar-refractivity contribution in [3.8, 4) is 0 Å². The van der Waals surface area contributed by atoms with Crippen molar-refractivity contribution in [2.75, 3.05) is 0 Å². The third-order valence-electron chi connectivity index (χ3n) is 2.93. The van der Waals surface area contributed by atoms with Gasteiger partial charge in [0.2, 0.25) is 0 Å². The SMILES string of the molecule is CCCCC(O)(c1ccccc1)C(F)(F)C(=O)S. The van der Waals surface area contributed by atoms with Gasteiger partial charge in [-0.3, -0.25) is 4.79 Å². The monoisotopic (exact) mass is 274 g/mol. The van der Waals surface area contributed by atoms with Crippen LogP contribution < -0.4 is 0 Å². The number of thiol groups is 1. The molecular formula is C13H16F2O2S. The van der Waals surface area contributed by atoms with E-state index in [9.17, 15) is 18.7 Å². The average molecular weight is 274 g/mol. The van der Waals surface area contributed by atoms with E-state index in [1.165, 1.54) is 12.1 Å². The molecule has 1 atom stereocenters. The Morgan fingerprint density at radius 1 is 1.33 bits per heavy atom. The van der Waals surface area contributed by atoms with E-state index >= 15 is 0 Å². The van der Waals surface area contributed by atoms with Gasteiger partial charge in [0.15, 0.2) is 5.60 Å². The maximum absolute atomic E-state index is 13.9. The standard InChI is InChI=1S/C13H16F2O2S/c1-2-3-9-12(17,13(14,15)11(16)18)10-7-5-4-6-8-10/h4-8,17H,2-3,9H2,1H3,(H,16,18). The van der Waals surface area contributed by atoms with Gasteiger partial charge in [-0.2, -0.15) is 8.78 Å². The summed E-state index contributed by atoms with van der Waals surface area (Å²) in [4.78, 5) is 11.0. The summed E-state index contributed by atoms with van der Waals surface area (Å²) in [6, 6.07) is 7.53. The van der Waals surface area contributed by atoms with Crippen molar-refractivity contribution in [1.29, 1.82) is 0 Å². The molecule has 100 valence electrons. The molecule has 1 N–H and O–H groups in total. The predicted molar refractivity (Wildman–Crippen MR) is 68.8 cm³/mol. The first-order valence-corrected chi connectivity index (χ1v) is 6.20. The number of carbonyl (C=O) groups is 1. The summed E-state index contributed by atoms with van der Waals surface area (Å²) in [6.07, 6.45) is 0.848. The molecule has 0 bridgehead atoms. The highest BCUT2D eigenvalue weighted by molar-refractivity contribution is 7.96. The number of alkyl halides is 2. The molecule has 0 amide bonds. The zero-order chi connectivity index (χ0) is 13.8. The second-order valence-electron chi connectivity index (χ2n) is 4.21. The minimum absolute atomic E-state index is 0.0332. The zero-order valence-corrected chi connectivity index (χ0v) is 11.0. The van der Waals surface area contributed by atoms with Crippen LogP contribution in [0.5, 0.6) is 0 Å². The third kappa shape index (κ3) is 2.72. The van der Waals surface area contributed by atoms with Gasteiger partial charge in [-0.15, -0.1) is 0 Å². The number of hydrogen-bond donors (Lipinski definition) is 2. The largest absolute Gasteiger partial charge is 0.378 e. The highest BCUT2D eigenvalue weighted by Gasteiger charge is 2.57.